The minimum absolute atomic E-state index is 0.540. The Kier molecular flexibility index (Phi) is 2.32. The van der Waals surface area contributed by atoms with Crippen molar-refractivity contribution in [3.8, 4) is 0 Å². The first-order valence-corrected chi connectivity index (χ1v) is 4.91. The molecule has 11 heavy (non-hydrogen) atoms. The maximum Gasteiger partial charge on any atom is -0.0326 e. The molecule has 0 aromatic heterocycles. The van der Waals surface area contributed by atoms with Crippen LogP contribution in [0.15, 0.2) is 0 Å². The molecule has 0 nitrogen and oxygen atoms in total. The molecule has 0 saturated heterocycles. The molecule has 1 aliphatic carbocycles. The molecule has 1 fully saturated rings. The fourth-order valence-corrected chi connectivity index (χ4v) is 1.71. The third-order valence-corrected chi connectivity index (χ3v) is 3.04. The van der Waals surface area contributed by atoms with Crippen LogP contribution in [0.1, 0.15) is 59.8 Å². The average Bonchev–Trinajstić information content (AvgIpc) is 1.77. The maximum absolute atomic E-state index is 2.45. The molecule has 66 valence electrons. The van der Waals surface area contributed by atoms with Gasteiger partial charge in [0.05, 0.1) is 0 Å². The van der Waals surface area contributed by atoms with Crippen LogP contribution in [0.5, 0.6) is 0 Å². The van der Waals surface area contributed by atoms with Crippen LogP contribution >= 0.6 is 0 Å². The number of hydrogen-bond acceptors (Lipinski definition) is 0. The quantitative estimate of drug-likeness (QED) is 0.564. The van der Waals surface area contributed by atoms with E-state index >= 15 is 0 Å². The summed E-state index contributed by atoms with van der Waals surface area (Å²) in [5, 5.41) is 0. The van der Waals surface area contributed by atoms with Gasteiger partial charge in [-0.2, -0.15) is 0 Å². The summed E-state index contributed by atoms with van der Waals surface area (Å²) in [5.41, 5.74) is 1.27. The lowest BCUT2D eigenvalue weighted by atomic mass is 9.66. The average molecular weight is 154 g/mol. The maximum atomic E-state index is 2.45. The van der Waals surface area contributed by atoms with E-state index in [-0.39, 0.29) is 0 Å². The Balaban J connectivity index is 2.21. The lowest BCUT2D eigenvalue weighted by Crippen LogP contribution is -2.26. The van der Waals surface area contributed by atoms with Gasteiger partial charge in [0.2, 0.25) is 0 Å². The van der Waals surface area contributed by atoms with E-state index in [4.69, 9.17) is 0 Å². The van der Waals surface area contributed by atoms with E-state index in [0.717, 1.165) is 5.41 Å². The van der Waals surface area contributed by atoms with Crippen molar-refractivity contribution in [3.05, 3.63) is 0 Å². The molecule has 0 aromatic carbocycles. The molecule has 0 bridgehead atoms. The van der Waals surface area contributed by atoms with E-state index in [2.05, 4.69) is 27.7 Å². The molecule has 1 aliphatic rings. The summed E-state index contributed by atoms with van der Waals surface area (Å²) in [6, 6.07) is 0. The predicted molar refractivity (Wildman–Crippen MR) is 50.6 cm³/mol. The lowest BCUT2D eigenvalue weighted by molar-refractivity contribution is 0.123. The third-order valence-electron chi connectivity index (χ3n) is 3.04. The molecule has 0 N–H and O–H groups in total. The van der Waals surface area contributed by atoms with Crippen molar-refractivity contribution in [3.63, 3.8) is 0 Å². The van der Waals surface area contributed by atoms with E-state index in [1.165, 1.54) is 32.1 Å². The smallest absolute Gasteiger partial charge is 0.0326 e. The summed E-state index contributed by atoms with van der Waals surface area (Å²) in [6.07, 6.45) is 7.26. The predicted octanol–water partition coefficient (Wildman–Crippen LogP) is 4.00. The minimum Gasteiger partial charge on any atom is -0.0602 e. The summed E-state index contributed by atoms with van der Waals surface area (Å²) >= 11 is 0. The van der Waals surface area contributed by atoms with Gasteiger partial charge in [0.15, 0.2) is 0 Å². The molecule has 0 amide bonds. The first-order valence-electron chi connectivity index (χ1n) is 4.91. The Morgan fingerprint density at radius 3 is 2.00 bits per heavy atom. The SMILES string of the molecule is CC(C)(C)CCC1(C)CCC1. The van der Waals surface area contributed by atoms with Crippen LogP contribution in [0.25, 0.3) is 0 Å². The molecule has 0 unspecified atom stereocenters. The molecular formula is C11H22. The van der Waals surface area contributed by atoms with Crippen molar-refractivity contribution in [2.75, 3.05) is 0 Å². The fraction of sp³-hybridized carbons (Fsp3) is 1.00. The van der Waals surface area contributed by atoms with E-state index < -0.39 is 0 Å². The Bertz CT molecular complexity index is 123. The summed E-state index contributed by atoms with van der Waals surface area (Å²) < 4.78 is 0. The first kappa shape index (κ1) is 9.09. The van der Waals surface area contributed by atoms with Crippen molar-refractivity contribution >= 4 is 0 Å². The summed E-state index contributed by atoms with van der Waals surface area (Å²) in [5.74, 6) is 0. The van der Waals surface area contributed by atoms with E-state index in [9.17, 15) is 0 Å². The molecule has 0 heterocycles. The molecule has 0 atom stereocenters. The van der Waals surface area contributed by atoms with Crippen molar-refractivity contribution < 1.29 is 0 Å². The van der Waals surface area contributed by atoms with Crippen LogP contribution in [-0.2, 0) is 0 Å². The van der Waals surface area contributed by atoms with Crippen LogP contribution in [0.2, 0.25) is 0 Å². The van der Waals surface area contributed by atoms with Gasteiger partial charge in [-0.3, -0.25) is 0 Å². The van der Waals surface area contributed by atoms with Crippen LogP contribution in [0.4, 0.5) is 0 Å². The van der Waals surface area contributed by atoms with Crippen molar-refractivity contribution in [1.29, 1.82) is 0 Å². The monoisotopic (exact) mass is 154 g/mol. The number of rotatable bonds is 2. The lowest BCUT2D eigenvalue weighted by Gasteiger charge is -2.40. The zero-order valence-corrected chi connectivity index (χ0v) is 8.54. The van der Waals surface area contributed by atoms with E-state index in [1.807, 2.05) is 0 Å². The Morgan fingerprint density at radius 1 is 1.18 bits per heavy atom. The zero-order valence-electron chi connectivity index (χ0n) is 8.54. The Morgan fingerprint density at radius 2 is 1.73 bits per heavy atom. The van der Waals surface area contributed by atoms with Crippen molar-refractivity contribution in [2.24, 2.45) is 10.8 Å². The van der Waals surface area contributed by atoms with Gasteiger partial charge >= 0.3 is 0 Å². The summed E-state index contributed by atoms with van der Waals surface area (Å²) in [4.78, 5) is 0. The number of hydrogen-bond donors (Lipinski definition) is 0. The highest BCUT2D eigenvalue weighted by molar-refractivity contribution is 4.84. The molecule has 1 saturated carbocycles. The Hall–Kier alpha value is 0. The van der Waals surface area contributed by atoms with Gasteiger partial charge in [0.25, 0.3) is 0 Å². The zero-order chi connectivity index (χ0) is 8.54. The highest BCUT2D eigenvalue weighted by Gasteiger charge is 2.32. The van der Waals surface area contributed by atoms with Gasteiger partial charge in [-0.1, -0.05) is 34.1 Å². The molecule has 0 heteroatoms. The second kappa shape index (κ2) is 2.80. The standard InChI is InChI=1S/C11H22/c1-10(2,3)8-9-11(4)6-5-7-11/h5-9H2,1-4H3. The summed E-state index contributed by atoms with van der Waals surface area (Å²) in [7, 11) is 0. The fourth-order valence-electron chi connectivity index (χ4n) is 1.71. The Labute approximate surface area is 71.4 Å². The van der Waals surface area contributed by atoms with Crippen LogP contribution in [-0.4, -0.2) is 0 Å². The summed E-state index contributed by atoms with van der Waals surface area (Å²) in [6.45, 7) is 9.47. The van der Waals surface area contributed by atoms with Crippen molar-refractivity contribution in [1.82, 2.24) is 0 Å². The second-order valence-corrected chi connectivity index (χ2v) is 5.72. The topological polar surface area (TPSA) is 0 Å². The molecule has 1 rings (SSSR count). The normalized spacial score (nSPS) is 22.9. The van der Waals surface area contributed by atoms with Gasteiger partial charge in [-0.05, 0) is 36.5 Å². The first-order chi connectivity index (χ1) is 4.91. The van der Waals surface area contributed by atoms with Gasteiger partial charge in [-0.25, -0.2) is 0 Å². The van der Waals surface area contributed by atoms with Crippen LogP contribution < -0.4 is 0 Å². The molecule has 0 spiro atoms. The molecule has 0 aromatic rings. The van der Waals surface area contributed by atoms with Gasteiger partial charge < -0.3 is 0 Å². The largest absolute Gasteiger partial charge is 0.0602 e. The molecular weight excluding hydrogens is 132 g/mol. The highest BCUT2D eigenvalue weighted by Crippen LogP contribution is 2.45. The second-order valence-electron chi connectivity index (χ2n) is 5.72. The molecule has 0 aliphatic heterocycles. The highest BCUT2D eigenvalue weighted by atomic mass is 14.4. The minimum atomic E-state index is 0.540. The van der Waals surface area contributed by atoms with E-state index in [0.29, 0.717) is 5.41 Å². The third kappa shape index (κ3) is 2.84. The van der Waals surface area contributed by atoms with Crippen molar-refractivity contribution in [2.45, 2.75) is 59.8 Å². The van der Waals surface area contributed by atoms with Gasteiger partial charge in [-0.15, -0.1) is 0 Å². The van der Waals surface area contributed by atoms with Crippen LogP contribution in [0.3, 0.4) is 0 Å². The van der Waals surface area contributed by atoms with E-state index in [1.54, 1.807) is 0 Å². The van der Waals surface area contributed by atoms with Gasteiger partial charge in [0.1, 0.15) is 0 Å². The van der Waals surface area contributed by atoms with Crippen LogP contribution in [0, 0.1) is 10.8 Å². The van der Waals surface area contributed by atoms with Gasteiger partial charge in [0, 0.05) is 0 Å². The molecule has 0 radical (unpaired) electrons.